The van der Waals surface area contributed by atoms with Crippen LogP contribution in [-0.2, 0) is 0 Å². The molecule has 2 aromatic rings. The third kappa shape index (κ3) is 3.22. The van der Waals surface area contributed by atoms with Gasteiger partial charge in [0.05, 0.1) is 30.2 Å². The van der Waals surface area contributed by atoms with Crippen LogP contribution in [0.15, 0.2) is 28.7 Å². The van der Waals surface area contributed by atoms with Crippen LogP contribution in [0.4, 0.5) is 0 Å². The number of hydrogen-bond donors (Lipinski definition) is 0. The van der Waals surface area contributed by atoms with Crippen LogP contribution >= 0.6 is 15.9 Å². The van der Waals surface area contributed by atoms with Gasteiger partial charge in [0.15, 0.2) is 0 Å². The fraction of sp³-hybridized carbons (Fsp3) is 0.333. The second kappa shape index (κ2) is 7.05. The van der Waals surface area contributed by atoms with Crippen LogP contribution in [0.1, 0.15) is 26.3 Å². The number of halogens is 1. The Hall–Kier alpha value is -1.68. The van der Waals surface area contributed by atoms with Crippen LogP contribution in [0.2, 0.25) is 0 Å². The maximum absolute atomic E-state index is 6.06. The molecule has 0 bridgehead atoms. The molecule has 0 aliphatic carbocycles. The highest BCUT2D eigenvalue weighted by Crippen LogP contribution is 2.44. The Bertz CT molecular complexity index is 705. The van der Waals surface area contributed by atoms with E-state index in [1.54, 1.807) is 14.2 Å². The predicted molar refractivity (Wildman–Crippen MR) is 95.2 cm³/mol. The molecule has 0 aromatic heterocycles. The van der Waals surface area contributed by atoms with Crippen LogP contribution in [-0.4, -0.2) is 20.3 Å². The summed E-state index contributed by atoms with van der Waals surface area (Å²) < 4.78 is 17.9. The lowest BCUT2D eigenvalue weighted by Crippen LogP contribution is -2.07. The highest BCUT2D eigenvalue weighted by Gasteiger charge is 2.18. The molecule has 2 aromatic carbocycles. The van der Waals surface area contributed by atoms with Crippen LogP contribution in [0.3, 0.4) is 0 Å². The molecule has 0 radical (unpaired) electrons. The fourth-order valence-electron chi connectivity index (χ4n) is 2.37. The number of allylic oxidation sites excluding steroid dienone is 1. The fourth-order valence-corrected chi connectivity index (χ4v) is 2.90. The van der Waals surface area contributed by atoms with E-state index in [4.69, 9.17) is 14.2 Å². The summed E-state index contributed by atoms with van der Waals surface area (Å²) in [5, 5.41) is 1.96. The maximum Gasteiger partial charge on any atom is 0.146 e. The quantitative estimate of drug-likeness (QED) is 0.706. The number of rotatable bonds is 5. The summed E-state index contributed by atoms with van der Waals surface area (Å²) in [6, 6.07) is 5.96. The van der Waals surface area contributed by atoms with Gasteiger partial charge < -0.3 is 14.2 Å². The summed E-state index contributed by atoms with van der Waals surface area (Å²) in [7, 11) is 3.30. The molecule has 0 unspecified atom stereocenters. The first-order chi connectivity index (χ1) is 10.5. The summed E-state index contributed by atoms with van der Waals surface area (Å²) in [5.74, 6) is 2.28. The normalized spacial score (nSPS) is 11.4. The SMILES string of the molecule is C/C=C\c1cc2cc(OC)cc(OC)c2c(OC(C)C)c1Br. The molecule has 22 heavy (non-hydrogen) atoms. The third-order valence-corrected chi connectivity index (χ3v) is 4.07. The molecule has 0 aliphatic heterocycles. The predicted octanol–water partition coefficient (Wildman–Crippen LogP) is 5.44. The molecule has 0 heterocycles. The number of methoxy groups -OCH3 is 2. The summed E-state index contributed by atoms with van der Waals surface area (Å²) in [4.78, 5) is 0. The van der Waals surface area contributed by atoms with Gasteiger partial charge in [-0.3, -0.25) is 0 Å². The smallest absolute Gasteiger partial charge is 0.146 e. The van der Waals surface area contributed by atoms with E-state index in [9.17, 15) is 0 Å². The van der Waals surface area contributed by atoms with Gasteiger partial charge in [0.2, 0.25) is 0 Å². The Balaban J connectivity index is 2.87. The van der Waals surface area contributed by atoms with Crippen LogP contribution in [0.5, 0.6) is 17.2 Å². The summed E-state index contributed by atoms with van der Waals surface area (Å²) in [5.41, 5.74) is 1.06. The summed E-state index contributed by atoms with van der Waals surface area (Å²) >= 11 is 3.67. The molecular weight excluding hydrogens is 344 g/mol. The molecule has 0 atom stereocenters. The largest absolute Gasteiger partial charge is 0.497 e. The van der Waals surface area contributed by atoms with Crippen molar-refractivity contribution < 1.29 is 14.2 Å². The molecule has 0 N–H and O–H groups in total. The van der Waals surface area contributed by atoms with Gasteiger partial charge in [0.25, 0.3) is 0 Å². The van der Waals surface area contributed by atoms with E-state index in [-0.39, 0.29) is 6.10 Å². The molecule has 3 nitrogen and oxygen atoms in total. The van der Waals surface area contributed by atoms with Gasteiger partial charge in [-0.05, 0) is 59.8 Å². The van der Waals surface area contributed by atoms with Crippen molar-refractivity contribution in [1.29, 1.82) is 0 Å². The van der Waals surface area contributed by atoms with Gasteiger partial charge in [-0.15, -0.1) is 0 Å². The van der Waals surface area contributed by atoms with Crippen molar-refractivity contribution in [2.75, 3.05) is 14.2 Å². The van der Waals surface area contributed by atoms with E-state index in [1.165, 1.54) is 0 Å². The van der Waals surface area contributed by atoms with Crippen molar-refractivity contribution in [2.45, 2.75) is 26.9 Å². The monoisotopic (exact) mass is 364 g/mol. The van der Waals surface area contributed by atoms with E-state index in [1.807, 2.05) is 45.1 Å². The minimum absolute atomic E-state index is 0.0622. The number of ether oxygens (including phenoxy) is 3. The topological polar surface area (TPSA) is 27.7 Å². The van der Waals surface area contributed by atoms with Crippen molar-refractivity contribution in [3.05, 3.63) is 34.3 Å². The van der Waals surface area contributed by atoms with Crippen molar-refractivity contribution in [3.63, 3.8) is 0 Å². The molecule has 2 rings (SSSR count). The van der Waals surface area contributed by atoms with Crippen molar-refractivity contribution in [2.24, 2.45) is 0 Å². The Morgan fingerprint density at radius 1 is 1.09 bits per heavy atom. The molecule has 0 spiro atoms. The third-order valence-electron chi connectivity index (χ3n) is 3.25. The minimum atomic E-state index is 0.0622. The average Bonchev–Trinajstić information content (AvgIpc) is 2.49. The van der Waals surface area contributed by atoms with Gasteiger partial charge in [-0.25, -0.2) is 0 Å². The zero-order valence-corrected chi connectivity index (χ0v) is 15.2. The zero-order chi connectivity index (χ0) is 16.3. The Morgan fingerprint density at radius 3 is 2.36 bits per heavy atom. The molecule has 0 saturated heterocycles. The molecule has 0 saturated carbocycles. The van der Waals surface area contributed by atoms with Gasteiger partial charge in [-0.2, -0.15) is 0 Å². The number of benzene rings is 2. The maximum atomic E-state index is 6.06. The van der Waals surface area contributed by atoms with E-state index in [2.05, 4.69) is 22.0 Å². The van der Waals surface area contributed by atoms with E-state index < -0.39 is 0 Å². The number of fused-ring (bicyclic) bond motifs is 1. The molecular formula is C18H21BrO3. The second-order valence-electron chi connectivity index (χ2n) is 5.20. The van der Waals surface area contributed by atoms with Crippen LogP contribution in [0, 0.1) is 0 Å². The Labute approximate surface area is 140 Å². The van der Waals surface area contributed by atoms with Crippen molar-refractivity contribution in [3.8, 4) is 17.2 Å². The van der Waals surface area contributed by atoms with E-state index >= 15 is 0 Å². The molecule has 118 valence electrons. The van der Waals surface area contributed by atoms with Gasteiger partial charge in [-0.1, -0.05) is 12.2 Å². The van der Waals surface area contributed by atoms with E-state index in [0.717, 1.165) is 38.1 Å². The Kier molecular flexibility index (Phi) is 5.35. The first-order valence-corrected chi connectivity index (χ1v) is 7.98. The zero-order valence-electron chi connectivity index (χ0n) is 13.6. The first-order valence-electron chi connectivity index (χ1n) is 7.19. The Morgan fingerprint density at radius 2 is 1.82 bits per heavy atom. The molecule has 0 aliphatic rings. The second-order valence-corrected chi connectivity index (χ2v) is 6.00. The van der Waals surface area contributed by atoms with Gasteiger partial charge in [0, 0.05) is 6.07 Å². The first kappa shape index (κ1) is 16.7. The lowest BCUT2D eigenvalue weighted by molar-refractivity contribution is 0.243. The molecule has 0 fully saturated rings. The average molecular weight is 365 g/mol. The summed E-state index contributed by atoms with van der Waals surface area (Å²) in [6.45, 7) is 6.01. The van der Waals surface area contributed by atoms with Gasteiger partial charge in [0.1, 0.15) is 17.2 Å². The highest BCUT2D eigenvalue weighted by molar-refractivity contribution is 9.10. The number of hydrogen-bond acceptors (Lipinski definition) is 3. The van der Waals surface area contributed by atoms with Crippen LogP contribution < -0.4 is 14.2 Å². The lowest BCUT2D eigenvalue weighted by Gasteiger charge is -2.18. The molecule has 4 heteroatoms. The van der Waals surface area contributed by atoms with Crippen molar-refractivity contribution in [1.82, 2.24) is 0 Å². The summed E-state index contributed by atoms with van der Waals surface area (Å²) in [6.07, 6.45) is 4.11. The van der Waals surface area contributed by atoms with E-state index in [0.29, 0.717) is 0 Å². The van der Waals surface area contributed by atoms with Gasteiger partial charge >= 0.3 is 0 Å². The minimum Gasteiger partial charge on any atom is -0.497 e. The lowest BCUT2D eigenvalue weighted by atomic mass is 10.0. The molecule has 0 amide bonds. The highest BCUT2D eigenvalue weighted by atomic mass is 79.9. The van der Waals surface area contributed by atoms with Crippen molar-refractivity contribution >= 4 is 32.8 Å². The standard InChI is InChI=1S/C18H21BrO3/c1-6-7-12-8-13-9-14(20-4)10-15(21-5)16(13)18(17(12)19)22-11(2)3/h6-11H,1-5H3/b7-6-. The van der Waals surface area contributed by atoms with Crippen LogP contribution in [0.25, 0.3) is 16.8 Å².